The number of benzene rings is 8. The first-order valence-electron chi connectivity index (χ1n) is 20.0. The summed E-state index contributed by atoms with van der Waals surface area (Å²) < 4.78 is 11.0. The number of para-hydroxylation sites is 5. The molecule has 0 radical (unpaired) electrons. The number of anilines is 2. The second-order valence-corrected chi connectivity index (χ2v) is 15.2. The highest BCUT2D eigenvalue weighted by molar-refractivity contribution is 6.11. The van der Waals surface area contributed by atoms with Crippen molar-refractivity contribution in [2.75, 3.05) is 11.9 Å². The SMILES string of the molecule is CN(c1ccc2oc3ccc(-n4c5ccccc5c5ccccc54)nc3c2c1)c1ccccc1-c1ccc(-c2ccc3c(c2)c2ccccc2n3-c2ccccc2)cc1. The van der Waals surface area contributed by atoms with E-state index in [1.54, 1.807) is 0 Å². The van der Waals surface area contributed by atoms with Gasteiger partial charge in [0.25, 0.3) is 0 Å². The van der Waals surface area contributed by atoms with Crippen LogP contribution in [-0.2, 0) is 0 Å². The van der Waals surface area contributed by atoms with E-state index in [9.17, 15) is 0 Å². The molecule has 0 saturated heterocycles. The molecular formula is C54H36N4O. The Morgan fingerprint density at radius 2 is 1.00 bits per heavy atom. The zero-order valence-corrected chi connectivity index (χ0v) is 32.2. The maximum absolute atomic E-state index is 6.36. The third-order valence-corrected chi connectivity index (χ3v) is 12.0. The molecule has 12 rings (SSSR count). The summed E-state index contributed by atoms with van der Waals surface area (Å²) in [6, 6.07) is 71.3. The number of pyridine rings is 1. The van der Waals surface area contributed by atoms with Gasteiger partial charge in [-0.3, -0.25) is 4.57 Å². The molecule has 0 atom stereocenters. The molecule has 0 aliphatic carbocycles. The van der Waals surface area contributed by atoms with Crippen molar-refractivity contribution in [3.05, 3.63) is 200 Å². The van der Waals surface area contributed by atoms with E-state index >= 15 is 0 Å². The minimum atomic E-state index is 0.769. The molecule has 0 N–H and O–H groups in total. The van der Waals surface area contributed by atoms with Crippen LogP contribution in [0.2, 0.25) is 0 Å². The van der Waals surface area contributed by atoms with Gasteiger partial charge in [0, 0.05) is 56.6 Å². The molecule has 12 aromatic rings. The van der Waals surface area contributed by atoms with E-state index in [2.05, 4.69) is 215 Å². The molecule has 0 aliphatic heterocycles. The van der Waals surface area contributed by atoms with Crippen LogP contribution in [0.3, 0.4) is 0 Å². The van der Waals surface area contributed by atoms with Gasteiger partial charge >= 0.3 is 0 Å². The summed E-state index contributed by atoms with van der Waals surface area (Å²) in [7, 11) is 2.13. The van der Waals surface area contributed by atoms with Crippen molar-refractivity contribution in [3.8, 4) is 33.8 Å². The van der Waals surface area contributed by atoms with Crippen molar-refractivity contribution in [2.24, 2.45) is 0 Å². The van der Waals surface area contributed by atoms with E-state index in [-0.39, 0.29) is 0 Å². The van der Waals surface area contributed by atoms with Gasteiger partial charge in [0.15, 0.2) is 5.58 Å². The lowest BCUT2D eigenvalue weighted by Gasteiger charge is -2.23. The Bertz CT molecular complexity index is 3520. The lowest BCUT2D eigenvalue weighted by molar-refractivity contribution is 0.668. The van der Waals surface area contributed by atoms with Crippen LogP contribution in [0.5, 0.6) is 0 Å². The van der Waals surface area contributed by atoms with Gasteiger partial charge in [-0.15, -0.1) is 0 Å². The van der Waals surface area contributed by atoms with Crippen LogP contribution in [0, 0.1) is 0 Å². The molecule has 0 saturated carbocycles. The highest BCUT2D eigenvalue weighted by atomic mass is 16.3. The first kappa shape index (κ1) is 33.3. The van der Waals surface area contributed by atoms with Crippen LogP contribution in [0.15, 0.2) is 205 Å². The Morgan fingerprint density at radius 3 is 1.75 bits per heavy atom. The fourth-order valence-corrected chi connectivity index (χ4v) is 9.12. The van der Waals surface area contributed by atoms with Gasteiger partial charge in [-0.25, -0.2) is 4.98 Å². The second-order valence-electron chi connectivity index (χ2n) is 15.2. The number of nitrogens with zero attached hydrogens (tertiary/aromatic N) is 4. The maximum Gasteiger partial charge on any atom is 0.154 e. The van der Waals surface area contributed by atoms with Crippen molar-refractivity contribution < 1.29 is 4.42 Å². The average Bonchev–Trinajstić information content (AvgIpc) is 3.96. The molecule has 0 unspecified atom stereocenters. The molecule has 278 valence electrons. The lowest BCUT2D eigenvalue weighted by atomic mass is 9.98. The number of fused-ring (bicyclic) bond motifs is 9. The summed E-state index contributed by atoms with van der Waals surface area (Å²) in [5.74, 6) is 0.865. The first-order chi connectivity index (χ1) is 29.2. The van der Waals surface area contributed by atoms with Crippen LogP contribution in [0.25, 0.3) is 99.4 Å². The zero-order chi connectivity index (χ0) is 39.0. The van der Waals surface area contributed by atoms with Gasteiger partial charge in [-0.05, 0) is 95.6 Å². The third-order valence-electron chi connectivity index (χ3n) is 12.0. The summed E-state index contributed by atoms with van der Waals surface area (Å²) in [5.41, 5.74) is 15.1. The number of aromatic nitrogens is 3. The van der Waals surface area contributed by atoms with Crippen LogP contribution in [0.4, 0.5) is 11.4 Å². The number of hydrogen-bond donors (Lipinski definition) is 0. The molecule has 0 spiro atoms. The van der Waals surface area contributed by atoms with E-state index in [1.165, 1.54) is 49.4 Å². The van der Waals surface area contributed by atoms with E-state index in [0.717, 1.165) is 61.4 Å². The smallest absolute Gasteiger partial charge is 0.154 e. The Hall–Kier alpha value is -7.89. The van der Waals surface area contributed by atoms with Gasteiger partial charge in [-0.1, -0.05) is 121 Å². The van der Waals surface area contributed by atoms with Crippen molar-refractivity contribution in [3.63, 3.8) is 0 Å². The summed E-state index contributed by atoms with van der Waals surface area (Å²) in [6.07, 6.45) is 0. The quantitative estimate of drug-likeness (QED) is 0.170. The van der Waals surface area contributed by atoms with Gasteiger partial charge in [-0.2, -0.15) is 0 Å². The highest BCUT2D eigenvalue weighted by Gasteiger charge is 2.18. The lowest BCUT2D eigenvalue weighted by Crippen LogP contribution is -2.10. The van der Waals surface area contributed by atoms with Crippen molar-refractivity contribution >= 4 is 77.1 Å². The minimum Gasteiger partial charge on any atom is -0.454 e. The van der Waals surface area contributed by atoms with Crippen molar-refractivity contribution in [1.82, 2.24) is 14.1 Å². The summed E-state index contributed by atoms with van der Waals surface area (Å²) in [5, 5.41) is 5.91. The van der Waals surface area contributed by atoms with Crippen molar-refractivity contribution in [1.29, 1.82) is 0 Å². The Morgan fingerprint density at radius 1 is 0.424 bits per heavy atom. The monoisotopic (exact) mass is 756 g/mol. The highest BCUT2D eigenvalue weighted by Crippen LogP contribution is 2.40. The van der Waals surface area contributed by atoms with E-state index in [4.69, 9.17) is 9.40 Å². The Balaban J connectivity index is 0.897. The fraction of sp³-hybridized carbons (Fsp3) is 0.0185. The summed E-state index contributed by atoms with van der Waals surface area (Å²) in [6.45, 7) is 0. The first-order valence-corrected chi connectivity index (χ1v) is 20.0. The molecule has 4 aromatic heterocycles. The van der Waals surface area contributed by atoms with Gasteiger partial charge in [0.2, 0.25) is 0 Å². The van der Waals surface area contributed by atoms with Crippen LogP contribution in [0.1, 0.15) is 0 Å². The maximum atomic E-state index is 6.36. The van der Waals surface area contributed by atoms with E-state index in [1.807, 2.05) is 6.07 Å². The molecule has 5 heteroatoms. The Kier molecular flexibility index (Phi) is 7.38. The largest absolute Gasteiger partial charge is 0.454 e. The molecule has 5 nitrogen and oxygen atoms in total. The predicted octanol–water partition coefficient (Wildman–Crippen LogP) is 14.3. The van der Waals surface area contributed by atoms with Crippen LogP contribution >= 0.6 is 0 Å². The van der Waals surface area contributed by atoms with Crippen LogP contribution < -0.4 is 4.90 Å². The predicted molar refractivity (Wildman–Crippen MR) is 246 cm³/mol. The summed E-state index contributed by atoms with van der Waals surface area (Å²) in [4.78, 5) is 7.53. The molecule has 0 aliphatic rings. The van der Waals surface area contributed by atoms with Gasteiger partial charge in [0.05, 0.1) is 22.1 Å². The van der Waals surface area contributed by atoms with Gasteiger partial charge in [0.1, 0.15) is 16.9 Å². The van der Waals surface area contributed by atoms with Crippen LogP contribution in [-0.4, -0.2) is 21.2 Å². The molecule has 0 amide bonds. The van der Waals surface area contributed by atoms with E-state index < -0.39 is 0 Å². The number of hydrogen-bond acceptors (Lipinski definition) is 3. The Labute approximate surface area is 340 Å². The third kappa shape index (κ3) is 5.22. The molecule has 0 fully saturated rings. The normalized spacial score (nSPS) is 11.8. The molecule has 4 heterocycles. The standard InChI is InChI=1S/C54H36N4O/c1-56(39-28-30-51-45(34-39)54-52(59-51)31-32-53(55-54)58-48-21-11-6-16-41(48)42-17-7-12-22-49(42)58)46-19-9-5-15-40(46)36-25-23-35(24-26-36)37-27-29-50-44(33-37)43-18-8-10-20-47(43)57(50)38-13-3-2-4-14-38/h2-34H,1H3. The number of rotatable bonds is 6. The molecule has 0 bridgehead atoms. The average molecular weight is 757 g/mol. The summed E-state index contributed by atoms with van der Waals surface area (Å²) >= 11 is 0. The fourth-order valence-electron chi connectivity index (χ4n) is 9.12. The number of furan rings is 1. The van der Waals surface area contributed by atoms with E-state index in [0.29, 0.717) is 0 Å². The van der Waals surface area contributed by atoms with Gasteiger partial charge < -0.3 is 13.9 Å². The molecule has 8 aromatic carbocycles. The van der Waals surface area contributed by atoms with Crippen molar-refractivity contribution in [2.45, 2.75) is 0 Å². The minimum absolute atomic E-state index is 0.769. The molecule has 59 heavy (non-hydrogen) atoms. The zero-order valence-electron chi connectivity index (χ0n) is 32.2. The second kappa shape index (κ2) is 13.1. The molecular weight excluding hydrogens is 721 g/mol. The topological polar surface area (TPSA) is 39.1 Å².